The molecule has 1 spiro atoms. The lowest BCUT2D eigenvalue weighted by atomic mass is 9.85. The minimum atomic E-state index is -0.679. The first kappa shape index (κ1) is 15.3. The molecule has 0 radical (unpaired) electrons. The molecule has 6 heteroatoms. The fourth-order valence-corrected chi connectivity index (χ4v) is 4.09. The van der Waals surface area contributed by atoms with Crippen LogP contribution in [0.15, 0.2) is 24.3 Å². The molecular weight excluding hydrogens is 306 g/mol. The van der Waals surface area contributed by atoms with Gasteiger partial charge in [-0.2, -0.15) is 0 Å². The zero-order chi connectivity index (χ0) is 16.7. The van der Waals surface area contributed by atoms with Gasteiger partial charge in [-0.15, -0.1) is 0 Å². The van der Waals surface area contributed by atoms with E-state index in [1.54, 1.807) is 4.90 Å². The first-order chi connectivity index (χ1) is 11.6. The zero-order valence-electron chi connectivity index (χ0n) is 13.6. The molecule has 3 amide bonds. The molecule has 0 aromatic heterocycles. The highest BCUT2D eigenvalue weighted by molar-refractivity contribution is 6.06. The summed E-state index contributed by atoms with van der Waals surface area (Å²) in [6.45, 7) is 2.97. The maximum Gasteiger partial charge on any atom is 0.236 e. The highest BCUT2D eigenvalue weighted by Gasteiger charge is 2.51. The van der Waals surface area contributed by atoms with Crippen LogP contribution in [0.3, 0.4) is 0 Å². The van der Waals surface area contributed by atoms with Crippen molar-refractivity contribution < 1.29 is 14.4 Å². The number of rotatable bonds is 2. The molecule has 2 fully saturated rings. The molecule has 3 aliphatic heterocycles. The summed E-state index contributed by atoms with van der Waals surface area (Å²) >= 11 is 0. The first-order valence-electron chi connectivity index (χ1n) is 8.47. The summed E-state index contributed by atoms with van der Waals surface area (Å²) < 4.78 is 0. The van der Waals surface area contributed by atoms with Crippen LogP contribution in [-0.4, -0.2) is 53.7 Å². The number of nitrogens with zero attached hydrogens (tertiary/aromatic N) is 2. The predicted molar refractivity (Wildman–Crippen MR) is 86.8 cm³/mol. The van der Waals surface area contributed by atoms with Crippen LogP contribution in [0, 0.1) is 5.41 Å². The highest BCUT2D eigenvalue weighted by atomic mass is 16.2. The number of likely N-dealkylation sites (tertiary alicyclic amines) is 1. The van der Waals surface area contributed by atoms with E-state index in [0.717, 1.165) is 19.5 Å². The number of hydrogen-bond donors (Lipinski definition) is 1. The average Bonchev–Trinajstić information content (AvgIpc) is 3.11. The van der Waals surface area contributed by atoms with E-state index in [0.29, 0.717) is 26.1 Å². The molecule has 0 saturated carbocycles. The Balaban J connectivity index is 1.38. The number of carbonyl (C=O) groups excluding carboxylic acids is 3. The number of benzene rings is 1. The van der Waals surface area contributed by atoms with Crippen molar-refractivity contribution in [2.75, 3.05) is 26.2 Å². The van der Waals surface area contributed by atoms with E-state index in [4.69, 9.17) is 0 Å². The summed E-state index contributed by atoms with van der Waals surface area (Å²) in [5, 5.41) is 2.38. The van der Waals surface area contributed by atoms with E-state index in [-0.39, 0.29) is 24.1 Å². The normalized spacial score (nSPS) is 26.8. The lowest BCUT2D eigenvalue weighted by molar-refractivity contribution is -0.133. The molecule has 1 aromatic rings. The Kier molecular flexibility index (Phi) is 3.64. The second-order valence-corrected chi connectivity index (χ2v) is 7.13. The lowest BCUT2D eigenvalue weighted by Gasteiger charge is -2.30. The molecule has 0 aliphatic carbocycles. The fourth-order valence-electron chi connectivity index (χ4n) is 4.09. The minimum Gasteiger partial charge on any atom is -0.340 e. The summed E-state index contributed by atoms with van der Waals surface area (Å²) in [6, 6.07) is 8.35. The zero-order valence-corrected chi connectivity index (χ0v) is 13.6. The molecule has 3 aliphatic rings. The smallest absolute Gasteiger partial charge is 0.236 e. The molecule has 2 saturated heterocycles. The van der Waals surface area contributed by atoms with Crippen LogP contribution >= 0.6 is 0 Å². The van der Waals surface area contributed by atoms with E-state index in [1.165, 1.54) is 11.1 Å². The van der Waals surface area contributed by atoms with Gasteiger partial charge in [-0.05, 0) is 24.0 Å². The Morgan fingerprint density at radius 1 is 1.17 bits per heavy atom. The summed E-state index contributed by atoms with van der Waals surface area (Å²) in [7, 11) is 0. The van der Waals surface area contributed by atoms with Gasteiger partial charge in [0.2, 0.25) is 17.7 Å². The van der Waals surface area contributed by atoms with Crippen LogP contribution in [0.1, 0.15) is 24.0 Å². The number of fused-ring (bicyclic) bond motifs is 1. The van der Waals surface area contributed by atoms with E-state index in [2.05, 4.69) is 28.4 Å². The highest BCUT2D eigenvalue weighted by Crippen LogP contribution is 2.37. The van der Waals surface area contributed by atoms with Gasteiger partial charge < -0.3 is 4.90 Å². The Morgan fingerprint density at radius 3 is 2.71 bits per heavy atom. The van der Waals surface area contributed by atoms with Gasteiger partial charge in [0.1, 0.15) is 0 Å². The van der Waals surface area contributed by atoms with Crippen molar-refractivity contribution in [2.45, 2.75) is 25.8 Å². The van der Waals surface area contributed by atoms with Crippen LogP contribution in [-0.2, 0) is 27.3 Å². The van der Waals surface area contributed by atoms with Gasteiger partial charge >= 0.3 is 0 Å². The summed E-state index contributed by atoms with van der Waals surface area (Å²) in [4.78, 5) is 40.0. The van der Waals surface area contributed by atoms with Crippen molar-refractivity contribution in [3.8, 4) is 0 Å². The topological polar surface area (TPSA) is 69.7 Å². The number of carbonyl (C=O) groups is 3. The van der Waals surface area contributed by atoms with Gasteiger partial charge in [0.25, 0.3) is 0 Å². The quantitative estimate of drug-likeness (QED) is 0.794. The molecule has 24 heavy (non-hydrogen) atoms. The van der Waals surface area contributed by atoms with Gasteiger partial charge in [0.15, 0.2) is 0 Å². The Labute approximate surface area is 140 Å². The minimum absolute atomic E-state index is 0.0541. The first-order valence-corrected chi connectivity index (χ1v) is 8.47. The van der Waals surface area contributed by atoms with Gasteiger partial charge in [0, 0.05) is 32.6 Å². The molecule has 0 unspecified atom stereocenters. The van der Waals surface area contributed by atoms with E-state index in [9.17, 15) is 14.4 Å². The monoisotopic (exact) mass is 327 g/mol. The third kappa shape index (κ3) is 2.60. The third-order valence-electron chi connectivity index (χ3n) is 5.51. The Hall–Kier alpha value is -2.21. The van der Waals surface area contributed by atoms with Crippen LogP contribution in [0.4, 0.5) is 0 Å². The molecule has 3 heterocycles. The molecule has 0 bridgehead atoms. The molecule has 6 nitrogen and oxygen atoms in total. The molecular formula is C18H21N3O3. The number of imide groups is 1. The van der Waals surface area contributed by atoms with Gasteiger partial charge in [-0.25, -0.2) is 0 Å². The lowest BCUT2D eigenvalue weighted by Crippen LogP contribution is -2.43. The number of nitrogens with one attached hydrogen (secondary N) is 1. The van der Waals surface area contributed by atoms with Crippen molar-refractivity contribution in [3.05, 3.63) is 35.4 Å². The number of amides is 3. The third-order valence-corrected chi connectivity index (χ3v) is 5.51. The van der Waals surface area contributed by atoms with Crippen LogP contribution in [0.5, 0.6) is 0 Å². The van der Waals surface area contributed by atoms with Crippen LogP contribution < -0.4 is 5.32 Å². The standard InChI is InChI=1S/C18H21N3O3/c22-15-9-18(17(24)19-15)6-8-21(12-18)16(23)11-20-7-5-13-3-1-2-4-14(13)10-20/h1-4H,5-12H2,(H,19,22,24)/t18-/m1/s1. The molecule has 126 valence electrons. The van der Waals surface area contributed by atoms with E-state index < -0.39 is 5.41 Å². The Bertz CT molecular complexity index is 717. The second kappa shape index (κ2) is 5.70. The molecule has 1 atom stereocenters. The average molecular weight is 327 g/mol. The maximum atomic E-state index is 12.6. The molecule has 1 N–H and O–H groups in total. The Morgan fingerprint density at radius 2 is 1.96 bits per heavy atom. The predicted octanol–water partition coefficient (Wildman–Crippen LogP) is 0.310. The molecule has 4 rings (SSSR count). The van der Waals surface area contributed by atoms with Crippen LogP contribution in [0.2, 0.25) is 0 Å². The fraction of sp³-hybridized carbons (Fsp3) is 0.500. The SMILES string of the molecule is O=C1C[C@@]2(CCN(C(=O)CN3CCc4ccccc4C3)C2)C(=O)N1. The van der Waals surface area contributed by atoms with Crippen molar-refractivity contribution in [1.82, 2.24) is 15.1 Å². The largest absolute Gasteiger partial charge is 0.340 e. The van der Waals surface area contributed by atoms with Crippen molar-refractivity contribution in [2.24, 2.45) is 5.41 Å². The van der Waals surface area contributed by atoms with Crippen molar-refractivity contribution >= 4 is 17.7 Å². The van der Waals surface area contributed by atoms with Crippen molar-refractivity contribution in [1.29, 1.82) is 0 Å². The van der Waals surface area contributed by atoms with Crippen molar-refractivity contribution in [3.63, 3.8) is 0 Å². The van der Waals surface area contributed by atoms with E-state index >= 15 is 0 Å². The van der Waals surface area contributed by atoms with E-state index in [1.807, 2.05) is 6.07 Å². The summed E-state index contributed by atoms with van der Waals surface area (Å²) in [5.74, 6) is -0.380. The van der Waals surface area contributed by atoms with Gasteiger partial charge in [0.05, 0.1) is 12.0 Å². The van der Waals surface area contributed by atoms with Crippen LogP contribution in [0.25, 0.3) is 0 Å². The summed E-state index contributed by atoms with van der Waals surface area (Å²) in [5.41, 5.74) is 1.97. The maximum absolute atomic E-state index is 12.6. The second-order valence-electron chi connectivity index (χ2n) is 7.13. The molecule has 1 aromatic carbocycles. The van der Waals surface area contributed by atoms with Gasteiger partial charge in [-0.1, -0.05) is 24.3 Å². The summed E-state index contributed by atoms with van der Waals surface area (Å²) in [6.07, 6.45) is 1.76. The van der Waals surface area contributed by atoms with Gasteiger partial charge in [-0.3, -0.25) is 24.6 Å². The number of hydrogen-bond acceptors (Lipinski definition) is 4.